The monoisotopic (exact) mass is 391 g/mol. The Morgan fingerprint density at radius 3 is 2.52 bits per heavy atom. The van der Waals surface area contributed by atoms with Crippen molar-refractivity contribution in [2.24, 2.45) is 13.0 Å². The molecule has 1 aliphatic rings. The fraction of sp³-hybridized carbons (Fsp3) is 0.417. The third-order valence-electron chi connectivity index (χ3n) is 6.15. The summed E-state index contributed by atoms with van der Waals surface area (Å²) in [5.41, 5.74) is 3.29. The molecule has 1 aromatic heterocycles. The van der Waals surface area contributed by atoms with Gasteiger partial charge in [-0.2, -0.15) is 0 Å². The first kappa shape index (κ1) is 19.5. The van der Waals surface area contributed by atoms with Crippen molar-refractivity contribution in [3.8, 4) is 5.75 Å². The zero-order valence-electron chi connectivity index (χ0n) is 17.2. The van der Waals surface area contributed by atoms with E-state index in [0.717, 1.165) is 49.1 Å². The van der Waals surface area contributed by atoms with E-state index < -0.39 is 0 Å². The van der Waals surface area contributed by atoms with Crippen LogP contribution in [-0.2, 0) is 18.3 Å². The Balaban J connectivity index is 1.26. The molecule has 5 heteroatoms. The quantitative estimate of drug-likeness (QED) is 0.685. The number of rotatable bonds is 6. The van der Waals surface area contributed by atoms with Crippen LogP contribution in [0.4, 0.5) is 0 Å². The number of fused-ring (bicyclic) bond motifs is 1. The molecule has 5 nitrogen and oxygen atoms in total. The fourth-order valence-electron chi connectivity index (χ4n) is 4.40. The number of methoxy groups -OCH3 is 1. The standard InChI is InChI=1S/C24H29N3O2/c1-27-22-6-4-3-5-21(22)26-24(27)19-11-7-18(8-12-19)16-25-23(28)15-17-9-13-20(29-2)14-10-17/h3-6,9-10,13-14,18-19H,7-8,11-12,15-16H2,1-2H3,(H,25,28). The predicted molar refractivity (Wildman–Crippen MR) is 115 cm³/mol. The molecule has 3 aromatic rings. The summed E-state index contributed by atoms with van der Waals surface area (Å²) in [5.74, 6) is 3.17. The molecule has 1 fully saturated rings. The van der Waals surface area contributed by atoms with E-state index in [4.69, 9.17) is 9.72 Å². The lowest BCUT2D eigenvalue weighted by Crippen LogP contribution is -2.32. The van der Waals surface area contributed by atoms with Gasteiger partial charge in [0.2, 0.25) is 5.91 Å². The Morgan fingerprint density at radius 1 is 1.10 bits per heavy atom. The number of hydrogen-bond acceptors (Lipinski definition) is 3. The van der Waals surface area contributed by atoms with Gasteiger partial charge in [-0.15, -0.1) is 0 Å². The maximum Gasteiger partial charge on any atom is 0.224 e. The Labute approximate surface area is 172 Å². The van der Waals surface area contributed by atoms with Gasteiger partial charge in [-0.1, -0.05) is 24.3 Å². The van der Waals surface area contributed by atoms with Crippen LogP contribution < -0.4 is 10.1 Å². The second-order valence-corrected chi connectivity index (χ2v) is 8.06. The summed E-state index contributed by atoms with van der Waals surface area (Å²) < 4.78 is 7.41. The van der Waals surface area contributed by atoms with Gasteiger partial charge >= 0.3 is 0 Å². The van der Waals surface area contributed by atoms with Gasteiger partial charge in [-0.3, -0.25) is 4.79 Å². The number of amides is 1. The highest BCUT2D eigenvalue weighted by Crippen LogP contribution is 2.36. The van der Waals surface area contributed by atoms with E-state index in [1.807, 2.05) is 30.3 Å². The minimum atomic E-state index is 0.0904. The molecule has 0 radical (unpaired) electrons. The van der Waals surface area contributed by atoms with Crippen LogP contribution in [0.25, 0.3) is 11.0 Å². The molecule has 0 aliphatic heterocycles. The largest absolute Gasteiger partial charge is 0.497 e. The number of para-hydroxylation sites is 2. The van der Waals surface area contributed by atoms with Crippen molar-refractivity contribution < 1.29 is 9.53 Å². The van der Waals surface area contributed by atoms with Gasteiger partial charge in [0.05, 0.1) is 24.6 Å². The van der Waals surface area contributed by atoms with Crippen molar-refractivity contribution in [3.05, 3.63) is 59.9 Å². The number of aromatic nitrogens is 2. The summed E-state index contributed by atoms with van der Waals surface area (Å²) in [4.78, 5) is 17.2. The average Bonchev–Trinajstić information content (AvgIpc) is 3.10. The zero-order valence-corrected chi connectivity index (χ0v) is 17.2. The van der Waals surface area contributed by atoms with Crippen LogP contribution in [0.2, 0.25) is 0 Å². The van der Waals surface area contributed by atoms with Gasteiger partial charge in [-0.25, -0.2) is 4.98 Å². The van der Waals surface area contributed by atoms with Crippen LogP contribution in [0.3, 0.4) is 0 Å². The predicted octanol–water partition coefficient (Wildman–Crippen LogP) is 4.21. The Morgan fingerprint density at radius 2 is 1.83 bits per heavy atom. The maximum absolute atomic E-state index is 12.3. The Kier molecular flexibility index (Phi) is 5.84. The molecule has 29 heavy (non-hydrogen) atoms. The molecule has 152 valence electrons. The Hall–Kier alpha value is -2.82. The molecule has 1 amide bonds. The Bertz CT molecular complexity index is 969. The first-order valence-electron chi connectivity index (χ1n) is 10.4. The van der Waals surface area contributed by atoms with Crippen LogP contribution in [-0.4, -0.2) is 29.1 Å². The van der Waals surface area contributed by atoms with Gasteiger partial charge in [-0.05, 0) is 61.4 Å². The maximum atomic E-state index is 12.3. The first-order chi connectivity index (χ1) is 14.1. The summed E-state index contributed by atoms with van der Waals surface area (Å²) >= 11 is 0. The molecule has 4 rings (SSSR count). The second-order valence-electron chi connectivity index (χ2n) is 8.06. The highest BCUT2D eigenvalue weighted by molar-refractivity contribution is 5.78. The molecule has 1 heterocycles. The molecule has 1 N–H and O–H groups in total. The third-order valence-corrected chi connectivity index (χ3v) is 6.15. The minimum absolute atomic E-state index is 0.0904. The van der Waals surface area contributed by atoms with E-state index in [9.17, 15) is 4.79 Å². The van der Waals surface area contributed by atoms with Gasteiger partial charge in [0, 0.05) is 19.5 Å². The summed E-state index contributed by atoms with van der Waals surface area (Å²) in [5, 5.41) is 3.13. The van der Waals surface area contributed by atoms with Crippen molar-refractivity contribution in [2.75, 3.05) is 13.7 Å². The number of imidazole rings is 1. The molecule has 0 spiro atoms. The average molecular weight is 392 g/mol. The molecular formula is C24H29N3O2. The van der Waals surface area contributed by atoms with Crippen LogP contribution in [0.5, 0.6) is 5.75 Å². The van der Waals surface area contributed by atoms with Gasteiger partial charge in [0.15, 0.2) is 0 Å². The van der Waals surface area contributed by atoms with Crippen molar-refractivity contribution in [1.29, 1.82) is 0 Å². The van der Waals surface area contributed by atoms with E-state index in [1.54, 1.807) is 7.11 Å². The van der Waals surface area contributed by atoms with Crippen molar-refractivity contribution in [3.63, 3.8) is 0 Å². The SMILES string of the molecule is COc1ccc(CC(=O)NCC2CCC(c3nc4ccccc4n3C)CC2)cc1. The lowest BCUT2D eigenvalue weighted by molar-refractivity contribution is -0.120. The van der Waals surface area contributed by atoms with Crippen LogP contribution in [0.1, 0.15) is 43.0 Å². The highest BCUT2D eigenvalue weighted by atomic mass is 16.5. The summed E-state index contributed by atoms with van der Waals surface area (Å²) in [6, 6.07) is 16.0. The summed E-state index contributed by atoms with van der Waals surface area (Å²) in [7, 11) is 3.77. The van der Waals surface area contributed by atoms with Gasteiger partial charge < -0.3 is 14.6 Å². The number of carbonyl (C=O) groups excluding carboxylic acids is 1. The molecule has 2 aromatic carbocycles. The topological polar surface area (TPSA) is 56.1 Å². The normalized spacial score (nSPS) is 19.2. The second kappa shape index (κ2) is 8.68. The van der Waals surface area contributed by atoms with Crippen molar-refractivity contribution in [1.82, 2.24) is 14.9 Å². The number of benzene rings is 2. The lowest BCUT2D eigenvalue weighted by Gasteiger charge is -2.28. The molecule has 0 saturated heterocycles. The van der Waals surface area contributed by atoms with Crippen LogP contribution in [0, 0.1) is 5.92 Å². The lowest BCUT2D eigenvalue weighted by atomic mass is 9.81. The van der Waals surface area contributed by atoms with Crippen LogP contribution >= 0.6 is 0 Å². The van der Waals surface area contributed by atoms with Crippen molar-refractivity contribution in [2.45, 2.75) is 38.0 Å². The number of nitrogens with one attached hydrogen (secondary N) is 1. The smallest absolute Gasteiger partial charge is 0.224 e. The van der Waals surface area contributed by atoms with Crippen molar-refractivity contribution >= 4 is 16.9 Å². The highest BCUT2D eigenvalue weighted by Gasteiger charge is 2.26. The molecule has 0 bridgehead atoms. The molecular weight excluding hydrogens is 362 g/mol. The first-order valence-corrected chi connectivity index (χ1v) is 10.4. The van der Waals surface area contributed by atoms with E-state index in [-0.39, 0.29) is 5.91 Å². The molecule has 0 atom stereocenters. The minimum Gasteiger partial charge on any atom is -0.497 e. The summed E-state index contributed by atoms with van der Waals surface area (Å²) in [6.07, 6.45) is 4.96. The molecule has 1 aliphatic carbocycles. The van der Waals surface area contributed by atoms with E-state index in [0.29, 0.717) is 18.3 Å². The number of nitrogens with zero attached hydrogens (tertiary/aromatic N) is 2. The van der Waals surface area contributed by atoms with E-state index in [2.05, 4.69) is 35.1 Å². The number of hydrogen-bond donors (Lipinski definition) is 1. The third kappa shape index (κ3) is 4.44. The molecule has 0 unspecified atom stereocenters. The fourth-order valence-corrected chi connectivity index (χ4v) is 4.40. The molecule has 1 saturated carbocycles. The summed E-state index contributed by atoms with van der Waals surface area (Å²) in [6.45, 7) is 0.768. The van der Waals surface area contributed by atoms with E-state index in [1.165, 1.54) is 11.3 Å². The van der Waals surface area contributed by atoms with Gasteiger partial charge in [0.25, 0.3) is 0 Å². The zero-order chi connectivity index (χ0) is 20.2. The van der Waals surface area contributed by atoms with Crippen LogP contribution in [0.15, 0.2) is 48.5 Å². The van der Waals surface area contributed by atoms with Gasteiger partial charge in [0.1, 0.15) is 11.6 Å². The number of aryl methyl sites for hydroxylation is 1. The number of ether oxygens (including phenoxy) is 1. The number of carbonyl (C=O) groups is 1. The van der Waals surface area contributed by atoms with E-state index >= 15 is 0 Å².